The van der Waals surface area contributed by atoms with Crippen LogP contribution in [0.3, 0.4) is 0 Å². The first-order valence-corrected chi connectivity index (χ1v) is 8.44. The van der Waals surface area contributed by atoms with Crippen LogP contribution in [-0.2, 0) is 5.41 Å². The predicted molar refractivity (Wildman–Crippen MR) is 94.1 cm³/mol. The van der Waals surface area contributed by atoms with Crippen molar-refractivity contribution in [2.24, 2.45) is 0 Å². The second-order valence-corrected chi connectivity index (χ2v) is 8.15. The molecule has 21 heavy (non-hydrogen) atoms. The summed E-state index contributed by atoms with van der Waals surface area (Å²) < 4.78 is 0. The van der Waals surface area contributed by atoms with E-state index in [0.717, 1.165) is 16.4 Å². The van der Waals surface area contributed by atoms with E-state index in [1.165, 1.54) is 4.88 Å². The van der Waals surface area contributed by atoms with Gasteiger partial charge in [-0.2, -0.15) is 0 Å². The van der Waals surface area contributed by atoms with Gasteiger partial charge in [-0.25, -0.2) is 4.98 Å². The molecule has 0 fully saturated rings. The third-order valence-corrected chi connectivity index (χ3v) is 5.32. The summed E-state index contributed by atoms with van der Waals surface area (Å²) in [5, 5.41) is 5.87. The number of nitrogens with one attached hydrogen (secondary N) is 1. The molecule has 1 unspecified atom stereocenters. The average Bonchev–Trinajstić information content (AvgIpc) is 2.69. The van der Waals surface area contributed by atoms with E-state index >= 15 is 0 Å². The molecule has 0 aliphatic heterocycles. The van der Waals surface area contributed by atoms with E-state index in [2.05, 4.69) is 39.9 Å². The third kappa shape index (κ3) is 4.12. The summed E-state index contributed by atoms with van der Waals surface area (Å²) in [5.41, 5.74) is 2.08. The van der Waals surface area contributed by atoms with Crippen molar-refractivity contribution in [2.45, 2.75) is 46.1 Å². The molecular formula is C16H20Cl2N2S. The Labute approximate surface area is 140 Å². The number of aromatic nitrogens is 1. The van der Waals surface area contributed by atoms with E-state index in [-0.39, 0.29) is 11.5 Å². The molecule has 0 aliphatic rings. The number of hydrogen-bond donors (Lipinski definition) is 1. The van der Waals surface area contributed by atoms with Gasteiger partial charge in [0.05, 0.1) is 16.7 Å². The molecule has 0 saturated carbocycles. The maximum Gasteiger partial charge on any atom is 0.0985 e. The molecule has 5 heteroatoms. The van der Waals surface area contributed by atoms with Gasteiger partial charge in [-0.15, -0.1) is 11.3 Å². The minimum Gasteiger partial charge on any atom is -0.378 e. The van der Waals surface area contributed by atoms with Crippen LogP contribution in [0.5, 0.6) is 0 Å². The first-order valence-electron chi connectivity index (χ1n) is 6.87. The first-order chi connectivity index (χ1) is 9.66. The Balaban J connectivity index is 2.24. The summed E-state index contributed by atoms with van der Waals surface area (Å²) in [5.74, 6) is 0. The molecule has 0 aliphatic carbocycles. The number of hydrogen-bond acceptors (Lipinski definition) is 3. The van der Waals surface area contributed by atoms with Crippen molar-refractivity contribution >= 4 is 40.2 Å². The van der Waals surface area contributed by atoms with Gasteiger partial charge >= 0.3 is 0 Å². The van der Waals surface area contributed by atoms with Crippen LogP contribution in [0.25, 0.3) is 0 Å². The number of aryl methyl sites for hydroxylation is 1. The second kappa shape index (κ2) is 6.15. The van der Waals surface area contributed by atoms with E-state index in [0.29, 0.717) is 10.0 Å². The molecule has 0 spiro atoms. The number of nitrogens with zero attached hydrogens (tertiary/aromatic N) is 1. The zero-order valence-electron chi connectivity index (χ0n) is 12.9. The Hall–Kier alpha value is -0.770. The van der Waals surface area contributed by atoms with E-state index in [1.54, 1.807) is 17.4 Å². The minimum atomic E-state index is 0.0762. The maximum absolute atomic E-state index is 6.04. The summed E-state index contributed by atoms with van der Waals surface area (Å²) >= 11 is 13.8. The number of halogens is 2. The second-order valence-electron chi connectivity index (χ2n) is 6.24. The third-order valence-electron chi connectivity index (χ3n) is 3.11. The van der Waals surface area contributed by atoms with Gasteiger partial charge in [0.25, 0.3) is 0 Å². The van der Waals surface area contributed by atoms with Crippen molar-refractivity contribution in [3.63, 3.8) is 0 Å². The van der Waals surface area contributed by atoms with Gasteiger partial charge in [0, 0.05) is 26.0 Å². The van der Waals surface area contributed by atoms with Crippen molar-refractivity contribution in [2.75, 3.05) is 5.32 Å². The van der Waals surface area contributed by atoms with E-state index in [9.17, 15) is 0 Å². The van der Waals surface area contributed by atoms with Crippen molar-refractivity contribution in [1.82, 2.24) is 4.98 Å². The highest BCUT2D eigenvalue weighted by Gasteiger charge is 2.22. The van der Waals surface area contributed by atoms with Gasteiger partial charge in [0.15, 0.2) is 0 Å². The number of thiazole rings is 1. The summed E-state index contributed by atoms with van der Waals surface area (Å²) in [7, 11) is 0. The van der Waals surface area contributed by atoms with Gasteiger partial charge in [-0.1, -0.05) is 44.0 Å². The Morgan fingerprint density at radius 3 is 2.19 bits per heavy atom. The van der Waals surface area contributed by atoms with Crippen LogP contribution in [0.4, 0.5) is 5.69 Å². The summed E-state index contributed by atoms with van der Waals surface area (Å²) in [4.78, 5) is 5.95. The van der Waals surface area contributed by atoms with Crippen molar-refractivity contribution < 1.29 is 0 Å². The van der Waals surface area contributed by atoms with Gasteiger partial charge in [0.2, 0.25) is 0 Å². The lowest BCUT2D eigenvalue weighted by atomic mass is 9.98. The lowest BCUT2D eigenvalue weighted by Gasteiger charge is -2.16. The molecule has 0 saturated heterocycles. The van der Waals surface area contributed by atoms with Crippen LogP contribution < -0.4 is 5.32 Å². The minimum absolute atomic E-state index is 0.0762. The monoisotopic (exact) mass is 342 g/mol. The fraction of sp³-hybridized carbons (Fsp3) is 0.438. The zero-order chi connectivity index (χ0) is 15.8. The molecule has 114 valence electrons. The van der Waals surface area contributed by atoms with Crippen LogP contribution in [0.15, 0.2) is 18.2 Å². The molecule has 1 atom stereocenters. The molecular weight excluding hydrogens is 323 g/mol. The van der Waals surface area contributed by atoms with Crippen LogP contribution in [-0.4, -0.2) is 4.98 Å². The number of benzene rings is 1. The van der Waals surface area contributed by atoms with E-state index in [1.807, 2.05) is 12.1 Å². The summed E-state index contributed by atoms with van der Waals surface area (Å²) in [6.07, 6.45) is 0. The predicted octanol–water partition coefficient (Wildman–Crippen LogP) is 6.23. The lowest BCUT2D eigenvalue weighted by molar-refractivity contribution is 0.584. The molecule has 1 aromatic heterocycles. The van der Waals surface area contributed by atoms with Gasteiger partial charge in [-0.05, 0) is 32.0 Å². The molecule has 1 heterocycles. The van der Waals surface area contributed by atoms with Crippen LogP contribution in [0.2, 0.25) is 10.0 Å². The molecule has 2 rings (SSSR count). The van der Waals surface area contributed by atoms with Gasteiger partial charge < -0.3 is 5.32 Å². The highest BCUT2D eigenvalue weighted by atomic mass is 35.5. The van der Waals surface area contributed by atoms with Crippen molar-refractivity contribution in [3.05, 3.63) is 43.8 Å². The number of anilines is 1. The Morgan fingerprint density at radius 1 is 1.14 bits per heavy atom. The average molecular weight is 343 g/mol. The molecule has 2 nitrogen and oxygen atoms in total. The van der Waals surface area contributed by atoms with Crippen molar-refractivity contribution in [3.8, 4) is 0 Å². The highest BCUT2D eigenvalue weighted by Crippen LogP contribution is 2.34. The fourth-order valence-corrected chi connectivity index (χ4v) is 3.74. The van der Waals surface area contributed by atoms with Crippen LogP contribution in [0, 0.1) is 6.92 Å². The number of rotatable bonds is 3. The lowest BCUT2D eigenvalue weighted by Crippen LogP contribution is -2.10. The molecule has 0 radical (unpaired) electrons. The Kier molecular flexibility index (Phi) is 4.86. The normalized spacial score (nSPS) is 13.3. The van der Waals surface area contributed by atoms with E-state index in [4.69, 9.17) is 28.2 Å². The zero-order valence-corrected chi connectivity index (χ0v) is 15.2. The summed E-state index contributed by atoms with van der Waals surface area (Å²) in [6.45, 7) is 10.7. The van der Waals surface area contributed by atoms with Crippen LogP contribution >= 0.6 is 34.5 Å². The maximum atomic E-state index is 6.04. The summed E-state index contributed by atoms with van der Waals surface area (Å²) in [6, 6.07) is 5.65. The molecule has 2 aromatic rings. The quantitative estimate of drug-likeness (QED) is 0.715. The molecule has 1 N–H and O–H groups in total. The smallest absolute Gasteiger partial charge is 0.0985 e. The van der Waals surface area contributed by atoms with E-state index < -0.39 is 0 Å². The molecule has 0 bridgehead atoms. The van der Waals surface area contributed by atoms with Gasteiger partial charge in [0.1, 0.15) is 0 Å². The standard InChI is InChI=1S/C16H20Cl2N2S/c1-9(19-13-7-11(17)6-12(18)8-13)14-10(2)20-15(21-14)16(3,4)5/h6-9,19H,1-5H3. The Bertz CT molecular complexity index is 624. The Morgan fingerprint density at radius 2 is 1.71 bits per heavy atom. The van der Waals surface area contributed by atoms with Crippen LogP contribution in [0.1, 0.15) is 49.3 Å². The molecule has 0 amide bonds. The highest BCUT2D eigenvalue weighted by molar-refractivity contribution is 7.12. The first kappa shape index (κ1) is 16.6. The van der Waals surface area contributed by atoms with Crippen molar-refractivity contribution in [1.29, 1.82) is 0 Å². The largest absolute Gasteiger partial charge is 0.378 e. The fourth-order valence-electron chi connectivity index (χ4n) is 2.08. The molecule has 1 aromatic carbocycles. The topological polar surface area (TPSA) is 24.9 Å². The SMILES string of the molecule is Cc1nc(C(C)(C)C)sc1C(C)Nc1cc(Cl)cc(Cl)c1. The van der Waals surface area contributed by atoms with Gasteiger partial charge in [-0.3, -0.25) is 0 Å².